The fourth-order valence-corrected chi connectivity index (χ4v) is 1.43. The number of rotatable bonds is 8. The molecule has 20 heavy (non-hydrogen) atoms. The molecule has 0 spiro atoms. The van der Waals surface area contributed by atoms with E-state index in [1.807, 2.05) is 0 Å². The SMILES string of the molecule is OB(O)c1ccc(OCCOCCCC(F)(F)F)cc1. The fourth-order valence-electron chi connectivity index (χ4n) is 1.43. The fraction of sp³-hybridized carbons (Fsp3) is 0.500. The smallest absolute Gasteiger partial charge is 0.488 e. The van der Waals surface area contributed by atoms with E-state index in [9.17, 15) is 13.2 Å². The van der Waals surface area contributed by atoms with E-state index < -0.39 is 19.7 Å². The van der Waals surface area contributed by atoms with Gasteiger partial charge in [0.2, 0.25) is 0 Å². The van der Waals surface area contributed by atoms with Gasteiger partial charge in [-0.3, -0.25) is 0 Å². The Morgan fingerprint density at radius 2 is 1.65 bits per heavy atom. The van der Waals surface area contributed by atoms with Crippen molar-refractivity contribution in [3.8, 4) is 5.75 Å². The lowest BCUT2D eigenvalue weighted by molar-refractivity contribution is -0.138. The van der Waals surface area contributed by atoms with Crippen LogP contribution in [0.1, 0.15) is 12.8 Å². The van der Waals surface area contributed by atoms with Crippen LogP contribution < -0.4 is 10.2 Å². The van der Waals surface area contributed by atoms with Gasteiger partial charge in [0.05, 0.1) is 6.61 Å². The maximum atomic E-state index is 11.8. The molecular formula is C12H16BF3O4. The van der Waals surface area contributed by atoms with Crippen molar-refractivity contribution in [3.05, 3.63) is 24.3 Å². The number of hydrogen-bond donors (Lipinski definition) is 2. The van der Waals surface area contributed by atoms with Crippen LogP contribution in [0.15, 0.2) is 24.3 Å². The zero-order valence-corrected chi connectivity index (χ0v) is 10.8. The molecule has 1 aromatic carbocycles. The van der Waals surface area contributed by atoms with Gasteiger partial charge >= 0.3 is 13.3 Å². The molecule has 2 N–H and O–H groups in total. The molecular weight excluding hydrogens is 276 g/mol. The minimum Gasteiger partial charge on any atom is -0.491 e. The maximum absolute atomic E-state index is 11.8. The number of ether oxygens (including phenoxy) is 2. The Balaban J connectivity index is 2.09. The van der Waals surface area contributed by atoms with Crippen molar-refractivity contribution in [2.24, 2.45) is 0 Å². The van der Waals surface area contributed by atoms with Crippen molar-refractivity contribution in [2.75, 3.05) is 19.8 Å². The van der Waals surface area contributed by atoms with Crippen LogP contribution in [0.3, 0.4) is 0 Å². The summed E-state index contributed by atoms with van der Waals surface area (Å²) in [5.74, 6) is 0.522. The van der Waals surface area contributed by atoms with Crippen molar-refractivity contribution in [1.29, 1.82) is 0 Å². The molecule has 0 aliphatic carbocycles. The highest BCUT2D eigenvalue weighted by Gasteiger charge is 2.25. The Labute approximate surface area is 115 Å². The van der Waals surface area contributed by atoms with Gasteiger partial charge in [0, 0.05) is 13.0 Å². The van der Waals surface area contributed by atoms with E-state index in [0.717, 1.165) is 0 Å². The summed E-state index contributed by atoms with van der Waals surface area (Å²) in [7, 11) is -1.53. The van der Waals surface area contributed by atoms with Crippen molar-refractivity contribution in [1.82, 2.24) is 0 Å². The second-order valence-corrected chi connectivity index (χ2v) is 4.12. The Bertz CT molecular complexity index is 381. The summed E-state index contributed by atoms with van der Waals surface area (Å²) in [4.78, 5) is 0. The molecule has 0 aromatic heterocycles. The highest BCUT2D eigenvalue weighted by molar-refractivity contribution is 6.58. The zero-order chi connectivity index (χ0) is 15.0. The zero-order valence-electron chi connectivity index (χ0n) is 10.8. The third-order valence-electron chi connectivity index (χ3n) is 2.42. The van der Waals surface area contributed by atoms with E-state index in [-0.39, 0.29) is 26.2 Å². The van der Waals surface area contributed by atoms with E-state index in [1.54, 1.807) is 12.1 Å². The number of halogens is 3. The van der Waals surface area contributed by atoms with Gasteiger partial charge in [0.1, 0.15) is 12.4 Å². The van der Waals surface area contributed by atoms with Crippen LogP contribution in [0.4, 0.5) is 13.2 Å². The average Bonchev–Trinajstić information content (AvgIpc) is 2.37. The Morgan fingerprint density at radius 1 is 1.00 bits per heavy atom. The van der Waals surface area contributed by atoms with E-state index >= 15 is 0 Å². The van der Waals surface area contributed by atoms with Gasteiger partial charge in [-0.1, -0.05) is 12.1 Å². The van der Waals surface area contributed by atoms with Crippen LogP contribution in [0.25, 0.3) is 0 Å². The summed E-state index contributed by atoms with van der Waals surface area (Å²) in [5.41, 5.74) is 0.348. The monoisotopic (exact) mass is 292 g/mol. The average molecular weight is 292 g/mol. The van der Waals surface area contributed by atoms with Gasteiger partial charge in [-0.25, -0.2) is 0 Å². The summed E-state index contributed by atoms with van der Waals surface area (Å²) in [6.45, 7) is 0.452. The quantitative estimate of drug-likeness (QED) is 0.556. The van der Waals surface area contributed by atoms with Crippen LogP contribution in [0.5, 0.6) is 5.75 Å². The summed E-state index contributed by atoms with van der Waals surface area (Å²) < 4.78 is 45.8. The molecule has 0 bridgehead atoms. The van der Waals surface area contributed by atoms with E-state index in [0.29, 0.717) is 11.2 Å². The lowest BCUT2D eigenvalue weighted by atomic mass is 9.80. The van der Waals surface area contributed by atoms with Crippen LogP contribution >= 0.6 is 0 Å². The molecule has 0 aliphatic heterocycles. The second kappa shape index (κ2) is 8.13. The first-order valence-electron chi connectivity index (χ1n) is 6.12. The van der Waals surface area contributed by atoms with Gasteiger partial charge in [-0.15, -0.1) is 0 Å². The molecule has 0 aliphatic rings. The summed E-state index contributed by atoms with van der Waals surface area (Å²) in [5, 5.41) is 17.8. The number of benzene rings is 1. The second-order valence-electron chi connectivity index (χ2n) is 4.12. The van der Waals surface area contributed by atoms with Crippen molar-refractivity contribution < 1.29 is 32.7 Å². The maximum Gasteiger partial charge on any atom is 0.488 e. The lowest BCUT2D eigenvalue weighted by Gasteiger charge is -2.09. The van der Waals surface area contributed by atoms with Gasteiger partial charge in [-0.05, 0) is 24.0 Å². The molecule has 4 nitrogen and oxygen atoms in total. The van der Waals surface area contributed by atoms with Gasteiger partial charge in [0.25, 0.3) is 0 Å². The summed E-state index contributed by atoms with van der Waals surface area (Å²) >= 11 is 0. The molecule has 8 heteroatoms. The Kier molecular flexibility index (Phi) is 6.84. The minimum absolute atomic E-state index is 0.0402. The van der Waals surface area contributed by atoms with Gasteiger partial charge < -0.3 is 19.5 Å². The van der Waals surface area contributed by atoms with E-state index in [1.165, 1.54) is 12.1 Å². The summed E-state index contributed by atoms with van der Waals surface area (Å²) in [6, 6.07) is 6.14. The van der Waals surface area contributed by atoms with Gasteiger partial charge in [0.15, 0.2) is 0 Å². The van der Waals surface area contributed by atoms with E-state index in [2.05, 4.69) is 0 Å². The molecule has 1 aromatic rings. The number of alkyl halides is 3. The summed E-state index contributed by atoms with van der Waals surface area (Å²) in [6.07, 6.45) is -5.05. The first kappa shape index (κ1) is 16.8. The minimum atomic E-state index is -4.14. The molecule has 0 amide bonds. The van der Waals surface area contributed by atoms with Crippen molar-refractivity contribution >= 4 is 12.6 Å². The molecule has 0 heterocycles. The third-order valence-corrected chi connectivity index (χ3v) is 2.42. The third kappa shape index (κ3) is 7.37. The van der Waals surface area contributed by atoms with Crippen LogP contribution in [-0.4, -0.2) is 43.2 Å². The Hall–Kier alpha value is -1.25. The molecule has 0 radical (unpaired) electrons. The molecule has 0 saturated heterocycles. The molecule has 0 atom stereocenters. The van der Waals surface area contributed by atoms with Crippen molar-refractivity contribution in [3.63, 3.8) is 0 Å². The predicted octanol–water partition coefficient (Wildman–Crippen LogP) is 1.10. The van der Waals surface area contributed by atoms with Crippen LogP contribution in [0, 0.1) is 0 Å². The van der Waals surface area contributed by atoms with Crippen molar-refractivity contribution in [2.45, 2.75) is 19.0 Å². The topological polar surface area (TPSA) is 58.9 Å². The van der Waals surface area contributed by atoms with Crippen LogP contribution in [0.2, 0.25) is 0 Å². The largest absolute Gasteiger partial charge is 0.491 e. The first-order chi connectivity index (χ1) is 9.38. The van der Waals surface area contributed by atoms with Crippen LogP contribution in [-0.2, 0) is 4.74 Å². The highest BCUT2D eigenvalue weighted by Crippen LogP contribution is 2.20. The predicted molar refractivity (Wildman–Crippen MR) is 67.9 cm³/mol. The first-order valence-corrected chi connectivity index (χ1v) is 6.12. The van der Waals surface area contributed by atoms with E-state index in [4.69, 9.17) is 19.5 Å². The normalized spacial score (nSPS) is 11.4. The Morgan fingerprint density at radius 3 is 2.20 bits per heavy atom. The lowest BCUT2D eigenvalue weighted by Crippen LogP contribution is -2.29. The molecule has 0 unspecified atom stereocenters. The molecule has 112 valence electrons. The van der Waals surface area contributed by atoms with Gasteiger partial charge in [-0.2, -0.15) is 13.2 Å². The molecule has 0 fully saturated rings. The molecule has 1 rings (SSSR count). The standard InChI is InChI=1S/C12H16BF3O4/c14-12(15,16)6-1-7-19-8-9-20-11-4-2-10(3-5-11)13(17)18/h2-5,17-18H,1,6-9H2. The highest BCUT2D eigenvalue weighted by atomic mass is 19.4. The number of hydrogen-bond acceptors (Lipinski definition) is 4. The molecule has 0 saturated carbocycles.